The molecule has 0 fully saturated rings. The van der Waals surface area contributed by atoms with Gasteiger partial charge in [0.05, 0.1) is 22.9 Å². The van der Waals surface area contributed by atoms with E-state index in [9.17, 15) is 0 Å². The first-order valence-electron chi connectivity index (χ1n) is 4.86. The van der Waals surface area contributed by atoms with E-state index in [0.29, 0.717) is 16.4 Å². The summed E-state index contributed by atoms with van der Waals surface area (Å²) in [5.41, 5.74) is 1.86. The van der Waals surface area contributed by atoms with Crippen molar-refractivity contribution in [1.82, 2.24) is 4.98 Å². The molecule has 2 rings (SSSR count). The third kappa shape index (κ3) is 3.24. The average molecular weight is 380 g/mol. The Morgan fingerprint density at radius 2 is 2.18 bits per heavy atom. The Hall–Kier alpha value is -0.520. The fourth-order valence-corrected chi connectivity index (χ4v) is 2.08. The number of nitrogens with zero attached hydrogens (tertiary/aromatic N) is 1. The van der Waals surface area contributed by atoms with Gasteiger partial charge < -0.3 is 9.73 Å². The van der Waals surface area contributed by atoms with E-state index in [4.69, 9.17) is 16.0 Å². The number of furan rings is 1. The normalized spacial score (nSPS) is 10.6. The lowest BCUT2D eigenvalue weighted by Crippen LogP contribution is -1.99. The summed E-state index contributed by atoms with van der Waals surface area (Å²) in [6.45, 7) is 2.51. The monoisotopic (exact) mass is 378 g/mol. The average Bonchev–Trinajstić information content (AvgIpc) is 2.60. The molecule has 17 heavy (non-hydrogen) atoms. The summed E-state index contributed by atoms with van der Waals surface area (Å²) in [6.07, 6.45) is 1.70. The summed E-state index contributed by atoms with van der Waals surface area (Å²) < 4.78 is 7.05. The second-order valence-corrected chi connectivity index (χ2v) is 5.45. The first-order chi connectivity index (χ1) is 8.06. The summed E-state index contributed by atoms with van der Waals surface area (Å²) in [4.78, 5) is 4.07. The van der Waals surface area contributed by atoms with E-state index in [2.05, 4.69) is 42.2 Å². The molecule has 3 nitrogen and oxygen atoms in total. The molecule has 2 aromatic rings. The molecule has 90 valence electrons. The van der Waals surface area contributed by atoms with Crippen LogP contribution in [0.4, 0.5) is 5.69 Å². The molecule has 0 saturated carbocycles. The van der Waals surface area contributed by atoms with Crippen molar-refractivity contribution >= 4 is 49.1 Å². The molecule has 0 aliphatic heterocycles. The first-order valence-corrected chi connectivity index (χ1v) is 6.82. The minimum Gasteiger partial charge on any atom is -0.451 e. The highest BCUT2D eigenvalue weighted by atomic mass is 79.9. The van der Waals surface area contributed by atoms with Gasteiger partial charge in [-0.3, -0.25) is 0 Å². The molecule has 0 amide bonds. The second kappa shape index (κ2) is 5.42. The minimum absolute atomic E-state index is 0.527. The van der Waals surface area contributed by atoms with Crippen LogP contribution in [0.2, 0.25) is 5.15 Å². The van der Waals surface area contributed by atoms with Crippen molar-refractivity contribution < 1.29 is 4.42 Å². The molecule has 2 aromatic heterocycles. The molecule has 0 unspecified atom stereocenters. The number of aryl methyl sites for hydroxylation is 1. The predicted molar refractivity (Wildman–Crippen MR) is 75.4 cm³/mol. The van der Waals surface area contributed by atoms with E-state index in [1.54, 1.807) is 6.20 Å². The maximum Gasteiger partial charge on any atom is 0.183 e. The molecule has 0 atom stereocenters. The maximum atomic E-state index is 5.85. The number of pyridine rings is 1. The highest BCUT2D eigenvalue weighted by molar-refractivity contribution is 9.13. The summed E-state index contributed by atoms with van der Waals surface area (Å²) in [6, 6.07) is 3.86. The molecule has 6 heteroatoms. The zero-order chi connectivity index (χ0) is 12.4. The Bertz CT molecular complexity index is 523. The van der Waals surface area contributed by atoms with Crippen molar-refractivity contribution in [2.24, 2.45) is 0 Å². The van der Waals surface area contributed by atoms with Crippen LogP contribution in [-0.2, 0) is 6.54 Å². The van der Waals surface area contributed by atoms with Gasteiger partial charge >= 0.3 is 0 Å². The third-order valence-electron chi connectivity index (χ3n) is 2.18. The molecule has 0 bridgehead atoms. The summed E-state index contributed by atoms with van der Waals surface area (Å²) in [7, 11) is 0. The predicted octanol–water partition coefficient (Wildman–Crippen LogP) is 4.77. The Morgan fingerprint density at radius 1 is 1.41 bits per heavy atom. The molecule has 2 heterocycles. The van der Waals surface area contributed by atoms with Crippen molar-refractivity contribution in [3.63, 3.8) is 0 Å². The lowest BCUT2D eigenvalue weighted by Gasteiger charge is -2.05. The molecule has 0 aliphatic rings. The smallest absolute Gasteiger partial charge is 0.183 e. The molecule has 0 aliphatic carbocycles. The van der Waals surface area contributed by atoms with Crippen molar-refractivity contribution in [1.29, 1.82) is 0 Å². The zero-order valence-electron chi connectivity index (χ0n) is 8.93. The van der Waals surface area contributed by atoms with Crippen LogP contribution in [-0.4, -0.2) is 4.98 Å². The fraction of sp³-hybridized carbons (Fsp3) is 0.182. The van der Waals surface area contributed by atoms with Crippen LogP contribution in [0.15, 0.2) is 31.9 Å². The Labute approximate surface area is 121 Å². The molecular weight excluding hydrogens is 371 g/mol. The van der Waals surface area contributed by atoms with Crippen LogP contribution < -0.4 is 5.32 Å². The van der Waals surface area contributed by atoms with Crippen LogP contribution >= 0.6 is 43.5 Å². The van der Waals surface area contributed by atoms with Crippen molar-refractivity contribution in [2.45, 2.75) is 13.5 Å². The van der Waals surface area contributed by atoms with Crippen LogP contribution in [0.5, 0.6) is 0 Å². The van der Waals surface area contributed by atoms with E-state index in [1.807, 2.05) is 19.1 Å². The third-order valence-corrected chi connectivity index (χ3v) is 4.28. The number of nitrogens with one attached hydrogen (secondary N) is 1. The summed E-state index contributed by atoms with van der Waals surface area (Å²) in [5.74, 6) is 0.830. The Kier molecular flexibility index (Phi) is 4.12. The van der Waals surface area contributed by atoms with Gasteiger partial charge in [0.15, 0.2) is 4.67 Å². The number of hydrogen-bond acceptors (Lipinski definition) is 3. The number of anilines is 1. The van der Waals surface area contributed by atoms with Crippen LogP contribution in [0.3, 0.4) is 0 Å². The van der Waals surface area contributed by atoms with Gasteiger partial charge in [-0.2, -0.15) is 0 Å². The maximum absolute atomic E-state index is 5.85. The van der Waals surface area contributed by atoms with Gasteiger partial charge in [-0.25, -0.2) is 4.98 Å². The highest BCUT2D eigenvalue weighted by Crippen LogP contribution is 2.27. The zero-order valence-corrected chi connectivity index (χ0v) is 12.9. The van der Waals surface area contributed by atoms with Gasteiger partial charge in [0.1, 0.15) is 10.9 Å². The Morgan fingerprint density at radius 3 is 2.76 bits per heavy atom. The highest BCUT2D eigenvalue weighted by Gasteiger charge is 2.06. The number of rotatable bonds is 3. The largest absolute Gasteiger partial charge is 0.451 e. The van der Waals surface area contributed by atoms with Gasteiger partial charge in [0.2, 0.25) is 0 Å². The SMILES string of the molecule is Cc1cc(NCc2cc(Br)c(Br)o2)cnc1Cl. The molecule has 0 spiro atoms. The van der Waals surface area contributed by atoms with Gasteiger partial charge in [0, 0.05) is 0 Å². The number of halogens is 3. The van der Waals surface area contributed by atoms with Crippen molar-refractivity contribution in [3.8, 4) is 0 Å². The molecule has 0 radical (unpaired) electrons. The minimum atomic E-state index is 0.527. The van der Waals surface area contributed by atoms with E-state index in [-0.39, 0.29) is 0 Å². The quantitative estimate of drug-likeness (QED) is 0.779. The van der Waals surface area contributed by atoms with Gasteiger partial charge in [-0.05, 0) is 56.5 Å². The molecule has 0 saturated heterocycles. The topological polar surface area (TPSA) is 38.1 Å². The van der Waals surface area contributed by atoms with Crippen molar-refractivity contribution in [3.05, 3.63) is 43.9 Å². The van der Waals surface area contributed by atoms with E-state index in [0.717, 1.165) is 21.5 Å². The van der Waals surface area contributed by atoms with E-state index >= 15 is 0 Å². The van der Waals surface area contributed by atoms with Gasteiger partial charge in [-0.1, -0.05) is 11.6 Å². The standard InChI is InChI=1S/C11H9Br2ClN2O/c1-6-2-7(4-16-11(6)14)15-5-8-3-9(12)10(13)17-8/h2-4,15H,5H2,1H3. The molecule has 0 aromatic carbocycles. The molecule has 1 N–H and O–H groups in total. The van der Waals surface area contributed by atoms with Crippen molar-refractivity contribution in [2.75, 3.05) is 5.32 Å². The van der Waals surface area contributed by atoms with Crippen LogP contribution in [0.1, 0.15) is 11.3 Å². The van der Waals surface area contributed by atoms with Crippen LogP contribution in [0.25, 0.3) is 0 Å². The number of hydrogen-bond donors (Lipinski definition) is 1. The Balaban J connectivity index is 2.04. The first kappa shape index (κ1) is 12.9. The second-order valence-electron chi connectivity index (χ2n) is 3.52. The van der Waals surface area contributed by atoms with Crippen LogP contribution in [0, 0.1) is 6.92 Å². The lowest BCUT2D eigenvalue weighted by molar-refractivity contribution is 0.494. The van der Waals surface area contributed by atoms with E-state index < -0.39 is 0 Å². The van der Waals surface area contributed by atoms with Gasteiger partial charge in [-0.15, -0.1) is 0 Å². The van der Waals surface area contributed by atoms with E-state index in [1.165, 1.54) is 0 Å². The van der Waals surface area contributed by atoms with Gasteiger partial charge in [0.25, 0.3) is 0 Å². The fourth-order valence-electron chi connectivity index (χ4n) is 1.32. The lowest BCUT2D eigenvalue weighted by atomic mass is 10.3. The number of aromatic nitrogens is 1. The summed E-state index contributed by atoms with van der Waals surface area (Å²) in [5, 5.41) is 3.74. The summed E-state index contributed by atoms with van der Waals surface area (Å²) >= 11 is 12.5. The molecular formula is C11H9Br2ClN2O.